The number of ether oxygens (including phenoxy) is 1. The highest BCUT2D eigenvalue weighted by Crippen LogP contribution is 2.26. The van der Waals surface area contributed by atoms with Gasteiger partial charge in [-0.25, -0.2) is 4.98 Å². The third-order valence-electron chi connectivity index (χ3n) is 1.52. The number of alkyl halides is 3. The van der Waals surface area contributed by atoms with Crippen LogP contribution in [0.4, 0.5) is 13.2 Å². The molecule has 82 valence electrons. The van der Waals surface area contributed by atoms with E-state index in [1.807, 2.05) is 0 Å². The van der Waals surface area contributed by atoms with Gasteiger partial charge >= 0.3 is 6.36 Å². The third-order valence-corrected chi connectivity index (χ3v) is 1.52. The molecule has 0 amide bonds. The van der Waals surface area contributed by atoms with Crippen molar-refractivity contribution in [3.05, 3.63) is 17.3 Å². The van der Waals surface area contributed by atoms with Crippen molar-refractivity contribution in [1.29, 1.82) is 0 Å². The van der Waals surface area contributed by atoms with Crippen molar-refractivity contribution in [1.82, 2.24) is 4.98 Å². The molecule has 1 N–H and O–H groups in total. The van der Waals surface area contributed by atoms with Crippen LogP contribution in [0.25, 0.3) is 0 Å². The van der Waals surface area contributed by atoms with E-state index < -0.39 is 23.7 Å². The molecule has 1 aromatic rings. The maximum Gasteiger partial charge on any atom is 0.574 e. The lowest BCUT2D eigenvalue weighted by Crippen LogP contribution is -2.18. The highest BCUT2D eigenvalue weighted by atomic mass is 19.4. The molecule has 0 atom stereocenters. The first kappa shape index (κ1) is 11.3. The number of pyridine rings is 1. The molecule has 0 aliphatic carbocycles. The quantitative estimate of drug-likeness (QED) is 0.773. The maximum absolute atomic E-state index is 11.8. The summed E-state index contributed by atoms with van der Waals surface area (Å²) in [5.41, 5.74) is -0.416. The predicted octanol–water partition coefficient (Wildman–Crippen LogP) is 1.81. The van der Waals surface area contributed by atoms with E-state index in [2.05, 4.69) is 9.72 Å². The normalized spacial score (nSPS) is 11.2. The van der Waals surface area contributed by atoms with Crippen LogP contribution in [0.15, 0.2) is 6.07 Å². The standard InChI is InChI=1S/C8H6F3NO3/c1-4-2-6(15-8(9,10)11)12-5(3-13)7(4)14/h2-3,14H,1H3. The highest BCUT2D eigenvalue weighted by molar-refractivity contribution is 5.77. The zero-order chi connectivity index (χ0) is 11.6. The highest BCUT2D eigenvalue weighted by Gasteiger charge is 2.32. The Bertz CT molecular complexity index is 389. The molecule has 0 saturated heterocycles. The van der Waals surface area contributed by atoms with Crippen LogP contribution in [0, 0.1) is 6.92 Å². The average Bonchev–Trinajstić information content (AvgIpc) is 2.08. The SMILES string of the molecule is Cc1cc(OC(F)(F)F)nc(C=O)c1O. The molecule has 7 heteroatoms. The summed E-state index contributed by atoms with van der Waals surface area (Å²) in [6.45, 7) is 1.33. The lowest BCUT2D eigenvalue weighted by atomic mass is 10.2. The molecule has 0 fully saturated rings. The summed E-state index contributed by atoms with van der Waals surface area (Å²) in [7, 11) is 0. The van der Waals surface area contributed by atoms with Crippen molar-refractivity contribution in [2.24, 2.45) is 0 Å². The van der Waals surface area contributed by atoms with Crippen molar-refractivity contribution >= 4 is 6.29 Å². The van der Waals surface area contributed by atoms with Crippen LogP contribution in [-0.4, -0.2) is 22.7 Å². The summed E-state index contributed by atoms with van der Waals surface area (Å²) in [6, 6.07) is 0.885. The zero-order valence-corrected chi connectivity index (χ0v) is 7.50. The van der Waals surface area contributed by atoms with E-state index in [1.165, 1.54) is 6.92 Å². The van der Waals surface area contributed by atoms with Gasteiger partial charge in [-0.05, 0) is 12.5 Å². The van der Waals surface area contributed by atoms with Gasteiger partial charge in [0.25, 0.3) is 0 Å². The first-order valence-electron chi connectivity index (χ1n) is 3.75. The van der Waals surface area contributed by atoms with Crippen LogP contribution in [0.5, 0.6) is 11.6 Å². The summed E-state index contributed by atoms with van der Waals surface area (Å²) in [5.74, 6) is -1.24. The Labute approximate surface area is 82.3 Å². The van der Waals surface area contributed by atoms with Crippen LogP contribution < -0.4 is 4.74 Å². The third kappa shape index (κ3) is 2.83. The Hall–Kier alpha value is -1.79. The minimum Gasteiger partial charge on any atom is -0.505 e. The minimum absolute atomic E-state index is 0.0753. The van der Waals surface area contributed by atoms with Crippen LogP contribution in [0.2, 0.25) is 0 Å². The second-order valence-corrected chi connectivity index (χ2v) is 2.68. The average molecular weight is 221 g/mol. The number of rotatable bonds is 2. The summed E-state index contributed by atoms with van der Waals surface area (Å²) < 4.78 is 38.9. The van der Waals surface area contributed by atoms with Crippen molar-refractivity contribution in [3.63, 3.8) is 0 Å². The maximum atomic E-state index is 11.8. The van der Waals surface area contributed by atoms with Crippen molar-refractivity contribution in [2.45, 2.75) is 13.3 Å². The van der Waals surface area contributed by atoms with Crippen molar-refractivity contribution in [2.75, 3.05) is 0 Å². The summed E-state index contributed by atoms with van der Waals surface area (Å²) in [6.07, 6.45) is -4.73. The Morgan fingerprint density at radius 3 is 2.60 bits per heavy atom. The second-order valence-electron chi connectivity index (χ2n) is 2.68. The lowest BCUT2D eigenvalue weighted by Gasteiger charge is -2.09. The number of aromatic hydroxyl groups is 1. The van der Waals surface area contributed by atoms with Gasteiger partial charge in [-0.3, -0.25) is 4.79 Å². The Kier molecular flexibility index (Phi) is 2.83. The Morgan fingerprint density at radius 1 is 1.53 bits per heavy atom. The van der Waals surface area contributed by atoms with E-state index in [4.69, 9.17) is 0 Å². The molecule has 0 bridgehead atoms. The number of halogens is 3. The molecule has 0 saturated carbocycles. The number of carbonyl (C=O) groups is 1. The molecular formula is C8H6F3NO3. The largest absolute Gasteiger partial charge is 0.574 e. The number of aryl methyl sites for hydroxylation is 1. The second kappa shape index (κ2) is 3.76. The number of hydrogen-bond donors (Lipinski definition) is 1. The molecular weight excluding hydrogens is 215 g/mol. The fourth-order valence-electron chi connectivity index (χ4n) is 0.913. The molecule has 0 radical (unpaired) electrons. The first-order valence-corrected chi connectivity index (χ1v) is 3.75. The van der Waals surface area contributed by atoms with Gasteiger partial charge in [-0.1, -0.05) is 0 Å². The molecule has 1 heterocycles. The van der Waals surface area contributed by atoms with E-state index in [9.17, 15) is 23.1 Å². The summed E-state index contributed by atoms with van der Waals surface area (Å²) >= 11 is 0. The first-order chi connectivity index (χ1) is 6.83. The Balaban J connectivity index is 3.11. The molecule has 0 aliphatic rings. The van der Waals surface area contributed by atoms with Gasteiger partial charge < -0.3 is 9.84 Å². The van der Waals surface area contributed by atoms with Gasteiger partial charge in [0.05, 0.1) is 0 Å². The van der Waals surface area contributed by atoms with Crippen LogP contribution in [0.3, 0.4) is 0 Å². The van der Waals surface area contributed by atoms with Gasteiger partial charge in [0.1, 0.15) is 11.4 Å². The van der Waals surface area contributed by atoms with Crippen molar-refractivity contribution < 1.29 is 27.8 Å². The molecule has 15 heavy (non-hydrogen) atoms. The predicted molar refractivity (Wildman–Crippen MR) is 42.7 cm³/mol. The summed E-state index contributed by atoms with van der Waals surface area (Å²) in [5, 5.41) is 9.19. The van der Waals surface area contributed by atoms with E-state index >= 15 is 0 Å². The monoisotopic (exact) mass is 221 g/mol. The van der Waals surface area contributed by atoms with E-state index in [0.717, 1.165) is 6.07 Å². The number of hydrogen-bond acceptors (Lipinski definition) is 4. The van der Waals surface area contributed by atoms with Gasteiger partial charge in [-0.15, -0.1) is 13.2 Å². The van der Waals surface area contributed by atoms with Gasteiger partial charge in [0, 0.05) is 6.07 Å². The van der Waals surface area contributed by atoms with Crippen LogP contribution >= 0.6 is 0 Å². The van der Waals surface area contributed by atoms with E-state index in [0.29, 0.717) is 0 Å². The number of carbonyl (C=O) groups excluding carboxylic acids is 1. The summed E-state index contributed by atoms with van der Waals surface area (Å²) in [4.78, 5) is 13.5. The van der Waals surface area contributed by atoms with Gasteiger partial charge in [0.15, 0.2) is 6.29 Å². The van der Waals surface area contributed by atoms with Crippen LogP contribution in [-0.2, 0) is 0 Å². The molecule has 1 rings (SSSR count). The van der Waals surface area contributed by atoms with Gasteiger partial charge in [0.2, 0.25) is 5.88 Å². The zero-order valence-electron chi connectivity index (χ0n) is 7.50. The smallest absolute Gasteiger partial charge is 0.505 e. The number of nitrogens with zero attached hydrogens (tertiary/aromatic N) is 1. The number of aldehydes is 1. The fourth-order valence-corrected chi connectivity index (χ4v) is 0.913. The molecule has 0 aliphatic heterocycles. The molecule has 0 aromatic carbocycles. The van der Waals surface area contributed by atoms with Gasteiger partial charge in [-0.2, -0.15) is 0 Å². The van der Waals surface area contributed by atoms with E-state index in [1.54, 1.807) is 0 Å². The molecule has 0 unspecified atom stereocenters. The van der Waals surface area contributed by atoms with Crippen LogP contribution in [0.1, 0.15) is 16.1 Å². The minimum atomic E-state index is -4.88. The Morgan fingerprint density at radius 2 is 2.13 bits per heavy atom. The lowest BCUT2D eigenvalue weighted by molar-refractivity contribution is -0.276. The van der Waals surface area contributed by atoms with E-state index in [-0.39, 0.29) is 11.8 Å². The molecule has 4 nitrogen and oxygen atoms in total. The fraction of sp³-hybridized carbons (Fsp3) is 0.250. The number of aromatic nitrogens is 1. The molecule has 0 spiro atoms. The topological polar surface area (TPSA) is 59.4 Å². The molecule has 1 aromatic heterocycles. The van der Waals surface area contributed by atoms with Crippen molar-refractivity contribution in [3.8, 4) is 11.6 Å².